The number of phenols is 1. The van der Waals surface area contributed by atoms with Gasteiger partial charge in [-0.2, -0.15) is 0 Å². The standard InChI is InChI=1S/C18H23N3O/c1-4-7-15(21-16(19-3)8-5-2)14-11-10-13-9-6-12-20-17(13)18(14)22/h5-6,8-12,15,22H,4,7H2,1-3H3,(H,19,21)/b8-5-. The fraction of sp³-hybridized carbons (Fsp3) is 0.333. The Balaban J connectivity index is 2.42. The van der Waals surface area contributed by atoms with Gasteiger partial charge in [0.15, 0.2) is 0 Å². The molecule has 22 heavy (non-hydrogen) atoms. The van der Waals surface area contributed by atoms with Gasteiger partial charge in [-0.15, -0.1) is 0 Å². The molecule has 116 valence electrons. The lowest BCUT2D eigenvalue weighted by molar-refractivity contribution is 0.457. The quantitative estimate of drug-likeness (QED) is 0.648. The van der Waals surface area contributed by atoms with Gasteiger partial charge in [0.1, 0.15) is 17.1 Å². The van der Waals surface area contributed by atoms with Crippen molar-refractivity contribution in [2.75, 3.05) is 7.05 Å². The molecule has 1 aromatic carbocycles. The minimum atomic E-state index is 0.00584. The second-order valence-corrected chi connectivity index (χ2v) is 5.17. The molecule has 1 heterocycles. The normalized spacial score (nSPS) is 13.7. The van der Waals surface area contributed by atoms with Crippen LogP contribution in [0.4, 0.5) is 0 Å². The molecule has 0 amide bonds. The maximum atomic E-state index is 10.6. The lowest BCUT2D eigenvalue weighted by atomic mass is 9.99. The van der Waals surface area contributed by atoms with Gasteiger partial charge in [-0.25, -0.2) is 0 Å². The van der Waals surface area contributed by atoms with Gasteiger partial charge in [0.2, 0.25) is 0 Å². The molecule has 0 fully saturated rings. The van der Waals surface area contributed by atoms with Crippen LogP contribution in [0.1, 0.15) is 38.3 Å². The van der Waals surface area contributed by atoms with E-state index in [0.717, 1.165) is 29.6 Å². The zero-order chi connectivity index (χ0) is 15.9. The van der Waals surface area contributed by atoms with Crippen LogP contribution in [0.5, 0.6) is 5.75 Å². The molecule has 0 spiro atoms. The van der Waals surface area contributed by atoms with Gasteiger partial charge >= 0.3 is 0 Å². The van der Waals surface area contributed by atoms with Crippen LogP contribution >= 0.6 is 0 Å². The van der Waals surface area contributed by atoms with E-state index in [1.807, 2.05) is 43.3 Å². The Hall–Kier alpha value is -2.36. The highest BCUT2D eigenvalue weighted by Gasteiger charge is 2.17. The van der Waals surface area contributed by atoms with Crippen molar-refractivity contribution in [2.45, 2.75) is 32.7 Å². The van der Waals surface area contributed by atoms with Crippen molar-refractivity contribution in [1.29, 1.82) is 0 Å². The van der Waals surface area contributed by atoms with Gasteiger partial charge in [0.25, 0.3) is 0 Å². The first kappa shape index (κ1) is 16.0. The molecule has 1 unspecified atom stereocenters. The Kier molecular flexibility index (Phi) is 5.53. The molecule has 2 N–H and O–H groups in total. The molecule has 2 aromatic rings. The molecule has 4 nitrogen and oxygen atoms in total. The number of pyridine rings is 1. The van der Waals surface area contributed by atoms with Crippen molar-refractivity contribution >= 4 is 16.7 Å². The molecular weight excluding hydrogens is 274 g/mol. The molecular formula is C18H23N3O. The topological polar surface area (TPSA) is 57.5 Å². The van der Waals surface area contributed by atoms with Crippen LogP contribution in [0.3, 0.4) is 0 Å². The Morgan fingerprint density at radius 2 is 2.23 bits per heavy atom. The van der Waals surface area contributed by atoms with Gasteiger partial charge in [-0.05, 0) is 25.5 Å². The zero-order valence-electron chi connectivity index (χ0n) is 13.4. The summed E-state index contributed by atoms with van der Waals surface area (Å²) in [5.41, 5.74) is 1.50. The van der Waals surface area contributed by atoms with Crippen LogP contribution in [-0.4, -0.2) is 23.0 Å². The first-order chi connectivity index (χ1) is 10.7. The smallest absolute Gasteiger partial charge is 0.147 e. The van der Waals surface area contributed by atoms with Crippen molar-refractivity contribution in [3.05, 3.63) is 48.2 Å². The average Bonchev–Trinajstić information content (AvgIpc) is 2.54. The molecule has 4 heteroatoms. The number of nitrogens with zero attached hydrogens (tertiary/aromatic N) is 2. The lowest BCUT2D eigenvalue weighted by Gasteiger charge is -2.21. The predicted molar refractivity (Wildman–Crippen MR) is 92.4 cm³/mol. The van der Waals surface area contributed by atoms with Crippen molar-refractivity contribution in [3.63, 3.8) is 0 Å². The van der Waals surface area contributed by atoms with Gasteiger partial charge < -0.3 is 10.4 Å². The van der Waals surface area contributed by atoms with Crippen LogP contribution in [0, 0.1) is 0 Å². The minimum absolute atomic E-state index is 0.00584. The average molecular weight is 297 g/mol. The highest BCUT2D eigenvalue weighted by Crippen LogP contribution is 2.33. The number of allylic oxidation sites excluding steroid dienone is 1. The van der Waals surface area contributed by atoms with Crippen LogP contribution < -0.4 is 5.32 Å². The Labute approximate surface area is 131 Å². The molecule has 0 saturated heterocycles. The van der Waals surface area contributed by atoms with E-state index in [9.17, 15) is 5.11 Å². The Morgan fingerprint density at radius 3 is 2.91 bits per heavy atom. The number of nitrogens with one attached hydrogen (secondary N) is 1. The number of amidine groups is 1. The molecule has 1 atom stereocenters. The van der Waals surface area contributed by atoms with E-state index in [0.29, 0.717) is 5.52 Å². The second kappa shape index (κ2) is 7.59. The third kappa shape index (κ3) is 3.45. The number of hydrogen-bond acceptors (Lipinski definition) is 3. The zero-order valence-corrected chi connectivity index (χ0v) is 13.4. The number of hydrogen-bond donors (Lipinski definition) is 2. The highest BCUT2D eigenvalue weighted by atomic mass is 16.3. The number of rotatable bonds is 5. The third-order valence-electron chi connectivity index (χ3n) is 3.62. The van der Waals surface area contributed by atoms with E-state index in [4.69, 9.17) is 0 Å². The first-order valence-corrected chi connectivity index (χ1v) is 7.63. The summed E-state index contributed by atoms with van der Waals surface area (Å²) in [6.07, 6.45) is 7.48. The van der Waals surface area contributed by atoms with Crippen LogP contribution in [-0.2, 0) is 0 Å². The summed E-state index contributed by atoms with van der Waals surface area (Å²) < 4.78 is 0. The number of benzene rings is 1. The predicted octanol–water partition coefficient (Wildman–Crippen LogP) is 3.98. The Morgan fingerprint density at radius 1 is 1.41 bits per heavy atom. The van der Waals surface area contributed by atoms with Crippen molar-refractivity contribution in [3.8, 4) is 5.75 Å². The van der Waals surface area contributed by atoms with E-state index < -0.39 is 0 Å². The molecule has 0 radical (unpaired) electrons. The molecule has 1 aromatic heterocycles. The van der Waals surface area contributed by atoms with E-state index in [1.54, 1.807) is 13.2 Å². The van der Waals surface area contributed by atoms with E-state index >= 15 is 0 Å². The van der Waals surface area contributed by atoms with Crippen molar-refractivity contribution in [2.24, 2.45) is 4.99 Å². The first-order valence-electron chi connectivity index (χ1n) is 7.63. The summed E-state index contributed by atoms with van der Waals surface area (Å²) in [6, 6.07) is 7.80. The number of aromatic hydroxyl groups is 1. The van der Waals surface area contributed by atoms with Crippen LogP contribution in [0.15, 0.2) is 47.6 Å². The number of aliphatic imine (C=N–C) groups is 1. The van der Waals surface area contributed by atoms with E-state index in [1.165, 1.54) is 0 Å². The van der Waals surface area contributed by atoms with Gasteiger partial charge in [0, 0.05) is 24.2 Å². The largest absolute Gasteiger partial charge is 0.505 e. The monoisotopic (exact) mass is 297 g/mol. The summed E-state index contributed by atoms with van der Waals surface area (Å²) in [4.78, 5) is 8.54. The number of fused-ring (bicyclic) bond motifs is 1. The summed E-state index contributed by atoms with van der Waals surface area (Å²) in [7, 11) is 1.76. The molecule has 2 rings (SSSR count). The molecule has 0 bridgehead atoms. The van der Waals surface area contributed by atoms with E-state index in [-0.39, 0.29) is 11.8 Å². The lowest BCUT2D eigenvalue weighted by Crippen LogP contribution is -2.27. The Bertz CT molecular complexity index is 692. The number of aromatic nitrogens is 1. The highest BCUT2D eigenvalue weighted by molar-refractivity contribution is 5.93. The molecule has 0 aliphatic rings. The summed E-state index contributed by atoms with van der Waals surface area (Å²) in [5, 5.41) is 14.9. The maximum absolute atomic E-state index is 10.6. The van der Waals surface area contributed by atoms with E-state index in [2.05, 4.69) is 22.2 Å². The van der Waals surface area contributed by atoms with Gasteiger partial charge in [-0.1, -0.05) is 37.6 Å². The van der Waals surface area contributed by atoms with Gasteiger partial charge in [0.05, 0.1) is 6.04 Å². The van der Waals surface area contributed by atoms with Crippen molar-refractivity contribution in [1.82, 2.24) is 10.3 Å². The van der Waals surface area contributed by atoms with Crippen LogP contribution in [0.2, 0.25) is 0 Å². The third-order valence-corrected chi connectivity index (χ3v) is 3.62. The van der Waals surface area contributed by atoms with Crippen molar-refractivity contribution < 1.29 is 5.11 Å². The number of phenolic OH excluding ortho intramolecular Hbond substituents is 1. The summed E-state index contributed by atoms with van der Waals surface area (Å²) >= 11 is 0. The molecule has 0 aliphatic carbocycles. The summed E-state index contributed by atoms with van der Waals surface area (Å²) in [6.45, 7) is 4.09. The van der Waals surface area contributed by atoms with Crippen LogP contribution in [0.25, 0.3) is 10.9 Å². The minimum Gasteiger partial charge on any atom is -0.505 e. The summed E-state index contributed by atoms with van der Waals surface area (Å²) in [5.74, 6) is 1.06. The molecule has 0 saturated carbocycles. The fourth-order valence-electron chi connectivity index (χ4n) is 2.54. The maximum Gasteiger partial charge on any atom is 0.147 e. The molecule has 0 aliphatic heterocycles. The fourth-order valence-corrected chi connectivity index (χ4v) is 2.54. The SMILES string of the molecule is C/C=C\C(=NC)NC(CCC)c1ccc2cccnc2c1O. The van der Waals surface area contributed by atoms with Gasteiger partial charge in [-0.3, -0.25) is 9.98 Å². The second-order valence-electron chi connectivity index (χ2n) is 5.17.